The topological polar surface area (TPSA) is 76.1 Å². The second kappa shape index (κ2) is 4.47. The van der Waals surface area contributed by atoms with E-state index in [0.717, 1.165) is 0 Å². The third kappa shape index (κ3) is 2.71. The van der Waals surface area contributed by atoms with Gasteiger partial charge >= 0.3 is 0 Å². The molecule has 0 heterocycles. The van der Waals surface area contributed by atoms with Crippen molar-refractivity contribution in [3.63, 3.8) is 0 Å². The number of hydrogen-bond donors (Lipinski definition) is 1. The largest absolute Gasteiger partial charge is 0.491 e. The zero-order valence-corrected chi connectivity index (χ0v) is 8.65. The second-order valence-corrected chi connectivity index (χ2v) is 3.35. The molecule has 1 aromatic carbocycles. The Balaban J connectivity index is 3.09. The molecule has 0 spiro atoms. The van der Waals surface area contributed by atoms with Crippen LogP contribution < -0.4 is 10.5 Å². The molecule has 15 heavy (non-hydrogen) atoms. The van der Waals surface area contributed by atoms with Crippen LogP contribution in [-0.2, 0) is 0 Å². The maximum atomic E-state index is 10.9. The van der Waals surface area contributed by atoms with Crippen LogP contribution in [-0.4, -0.2) is 12.0 Å². The maximum Gasteiger partial charge on any atom is 0.250 e. The molecule has 4 heteroatoms. The molecule has 0 aliphatic carbocycles. The number of hydrogen-bond acceptors (Lipinski definition) is 3. The van der Waals surface area contributed by atoms with E-state index in [2.05, 4.69) is 0 Å². The van der Waals surface area contributed by atoms with Crippen LogP contribution in [0.25, 0.3) is 0 Å². The van der Waals surface area contributed by atoms with Crippen LogP contribution in [0.1, 0.15) is 29.8 Å². The van der Waals surface area contributed by atoms with E-state index in [9.17, 15) is 4.79 Å². The van der Waals surface area contributed by atoms with Gasteiger partial charge in [0.05, 0.1) is 17.2 Å². The predicted molar refractivity (Wildman–Crippen MR) is 55.4 cm³/mol. The van der Waals surface area contributed by atoms with Crippen molar-refractivity contribution in [1.82, 2.24) is 0 Å². The Hall–Kier alpha value is -2.02. The fourth-order valence-corrected chi connectivity index (χ4v) is 1.18. The van der Waals surface area contributed by atoms with Crippen molar-refractivity contribution in [2.75, 3.05) is 0 Å². The first-order valence-corrected chi connectivity index (χ1v) is 4.55. The Morgan fingerprint density at radius 1 is 1.53 bits per heavy atom. The summed E-state index contributed by atoms with van der Waals surface area (Å²) in [5.41, 5.74) is 5.56. The summed E-state index contributed by atoms with van der Waals surface area (Å²) in [6.07, 6.45) is 0.0240. The molecule has 2 N–H and O–H groups in total. The Bertz CT molecular complexity index is 419. The molecule has 0 saturated heterocycles. The lowest BCUT2D eigenvalue weighted by Crippen LogP contribution is -2.13. The highest BCUT2D eigenvalue weighted by molar-refractivity contribution is 5.95. The fraction of sp³-hybridized carbons (Fsp3) is 0.273. The van der Waals surface area contributed by atoms with E-state index in [1.54, 1.807) is 6.07 Å². The van der Waals surface area contributed by atoms with E-state index in [-0.39, 0.29) is 17.2 Å². The standard InChI is InChI=1S/C11H12N2O2/c1-7(2)15-9-3-4-10(11(13)14)8(5-9)6-12/h3-5,7H,1-2H3,(H2,13,14). The van der Waals surface area contributed by atoms with E-state index in [0.29, 0.717) is 5.75 Å². The van der Waals surface area contributed by atoms with Gasteiger partial charge in [0.1, 0.15) is 11.8 Å². The van der Waals surface area contributed by atoms with Gasteiger partial charge in [0.25, 0.3) is 0 Å². The average molecular weight is 204 g/mol. The summed E-state index contributed by atoms with van der Waals surface area (Å²) in [7, 11) is 0. The van der Waals surface area contributed by atoms with Crippen molar-refractivity contribution >= 4 is 5.91 Å². The molecule has 78 valence electrons. The highest BCUT2D eigenvalue weighted by atomic mass is 16.5. The number of primary amides is 1. The number of rotatable bonds is 3. The summed E-state index contributed by atoms with van der Waals surface area (Å²) >= 11 is 0. The van der Waals surface area contributed by atoms with E-state index in [1.807, 2.05) is 19.9 Å². The number of carbonyl (C=O) groups excluding carboxylic acids is 1. The lowest BCUT2D eigenvalue weighted by molar-refractivity contribution is 0.1000. The summed E-state index contributed by atoms with van der Waals surface area (Å²) in [6.45, 7) is 3.77. The van der Waals surface area contributed by atoms with Crippen molar-refractivity contribution in [3.8, 4) is 11.8 Å². The van der Waals surface area contributed by atoms with Crippen molar-refractivity contribution in [3.05, 3.63) is 29.3 Å². The van der Waals surface area contributed by atoms with Gasteiger partial charge in [-0.25, -0.2) is 0 Å². The van der Waals surface area contributed by atoms with Crippen LogP contribution >= 0.6 is 0 Å². The lowest BCUT2D eigenvalue weighted by atomic mass is 10.1. The number of nitrogens with zero attached hydrogens (tertiary/aromatic N) is 1. The summed E-state index contributed by atoms with van der Waals surface area (Å²) in [5.74, 6) is -0.0470. The highest BCUT2D eigenvalue weighted by Gasteiger charge is 2.09. The van der Waals surface area contributed by atoms with Crippen LogP contribution in [0, 0.1) is 11.3 Å². The van der Waals surface area contributed by atoms with Crippen LogP contribution in [0.3, 0.4) is 0 Å². The smallest absolute Gasteiger partial charge is 0.250 e. The zero-order chi connectivity index (χ0) is 11.4. The van der Waals surface area contributed by atoms with Gasteiger partial charge in [-0.3, -0.25) is 4.79 Å². The summed E-state index contributed by atoms with van der Waals surface area (Å²) in [4.78, 5) is 10.9. The van der Waals surface area contributed by atoms with Gasteiger partial charge in [-0.15, -0.1) is 0 Å². The van der Waals surface area contributed by atoms with Gasteiger partial charge in [-0.1, -0.05) is 0 Å². The minimum Gasteiger partial charge on any atom is -0.491 e. The monoisotopic (exact) mass is 204 g/mol. The second-order valence-electron chi connectivity index (χ2n) is 3.35. The minimum atomic E-state index is -0.609. The van der Waals surface area contributed by atoms with Gasteiger partial charge in [-0.05, 0) is 32.0 Å². The molecule has 0 saturated carbocycles. The molecule has 0 aromatic heterocycles. The van der Waals surface area contributed by atoms with Gasteiger partial charge in [0.2, 0.25) is 5.91 Å². The normalized spacial score (nSPS) is 9.73. The first kappa shape index (κ1) is 11.1. The van der Waals surface area contributed by atoms with E-state index in [4.69, 9.17) is 15.7 Å². The fourth-order valence-electron chi connectivity index (χ4n) is 1.18. The number of nitriles is 1. The minimum absolute atomic E-state index is 0.0240. The molecule has 0 unspecified atom stereocenters. The molecule has 1 aromatic rings. The average Bonchev–Trinajstić information content (AvgIpc) is 2.16. The van der Waals surface area contributed by atoms with Gasteiger partial charge < -0.3 is 10.5 Å². The van der Waals surface area contributed by atoms with Crippen molar-refractivity contribution in [2.24, 2.45) is 5.73 Å². The van der Waals surface area contributed by atoms with Crippen LogP contribution in [0.2, 0.25) is 0 Å². The Kier molecular flexibility index (Phi) is 3.29. The van der Waals surface area contributed by atoms with Crippen molar-refractivity contribution < 1.29 is 9.53 Å². The molecule has 0 aliphatic rings. The highest BCUT2D eigenvalue weighted by Crippen LogP contribution is 2.18. The van der Waals surface area contributed by atoms with Gasteiger partial charge in [-0.2, -0.15) is 5.26 Å². The molecule has 0 aliphatic heterocycles. The molecule has 1 amide bonds. The Labute approximate surface area is 88.3 Å². The Morgan fingerprint density at radius 3 is 2.67 bits per heavy atom. The van der Waals surface area contributed by atoms with Crippen LogP contribution in [0.5, 0.6) is 5.75 Å². The number of benzene rings is 1. The summed E-state index contributed by atoms with van der Waals surface area (Å²) < 4.78 is 5.39. The molecular formula is C11H12N2O2. The van der Waals surface area contributed by atoms with Crippen LogP contribution in [0.4, 0.5) is 0 Å². The first-order valence-electron chi connectivity index (χ1n) is 4.55. The predicted octanol–water partition coefficient (Wildman–Crippen LogP) is 1.44. The third-order valence-corrected chi connectivity index (χ3v) is 1.75. The molecule has 1 rings (SSSR count). The SMILES string of the molecule is CC(C)Oc1ccc(C(N)=O)c(C#N)c1. The number of nitrogens with two attached hydrogens (primary N) is 1. The molecule has 0 radical (unpaired) electrons. The third-order valence-electron chi connectivity index (χ3n) is 1.75. The summed E-state index contributed by atoms with van der Waals surface area (Å²) in [6, 6.07) is 6.55. The lowest BCUT2D eigenvalue weighted by Gasteiger charge is -2.10. The number of amides is 1. The molecule has 0 bridgehead atoms. The van der Waals surface area contributed by atoms with E-state index in [1.165, 1.54) is 12.1 Å². The maximum absolute atomic E-state index is 10.9. The van der Waals surface area contributed by atoms with Crippen molar-refractivity contribution in [1.29, 1.82) is 5.26 Å². The first-order chi connectivity index (χ1) is 7.04. The zero-order valence-electron chi connectivity index (χ0n) is 8.65. The molecule has 4 nitrogen and oxygen atoms in total. The van der Waals surface area contributed by atoms with E-state index < -0.39 is 5.91 Å². The summed E-state index contributed by atoms with van der Waals surface area (Å²) in [5, 5.41) is 8.81. The van der Waals surface area contributed by atoms with Gasteiger partial charge in [0, 0.05) is 0 Å². The Morgan fingerprint density at radius 2 is 2.20 bits per heavy atom. The van der Waals surface area contributed by atoms with Crippen molar-refractivity contribution in [2.45, 2.75) is 20.0 Å². The number of carbonyl (C=O) groups is 1. The molecule has 0 atom stereocenters. The van der Waals surface area contributed by atoms with Crippen LogP contribution in [0.15, 0.2) is 18.2 Å². The molecule has 0 fully saturated rings. The van der Waals surface area contributed by atoms with E-state index >= 15 is 0 Å². The van der Waals surface area contributed by atoms with Gasteiger partial charge in [0.15, 0.2) is 0 Å². The molecular weight excluding hydrogens is 192 g/mol. The number of ether oxygens (including phenoxy) is 1. The quantitative estimate of drug-likeness (QED) is 0.809.